The SMILES string of the molecule is COc1cc(C(F)(F)F)c(CC2(N)CC2)cc1Cl. The van der Waals surface area contributed by atoms with Crippen LogP contribution in [-0.4, -0.2) is 12.6 Å². The number of halogens is 4. The standard InChI is InChI=1S/C12H13ClF3NO/c1-18-10-5-8(12(14,15)16)7(4-9(10)13)6-11(17)2-3-11/h4-5H,2-3,6,17H2,1H3. The molecule has 0 aliphatic heterocycles. The van der Waals surface area contributed by atoms with E-state index < -0.39 is 17.3 Å². The van der Waals surface area contributed by atoms with Crippen LogP contribution < -0.4 is 10.5 Å². The zero-order chi connectivity index (χ0) is 13.6. The van der Waals surface area contributed by atoms with Crippen molar-refractivity contribution in [2.24, 2.45) is 5.73 Å². The normalized spacial score (nSPS) is 17.7. The molecule has 1 aromatic rings. The van der Waals surface area contributed by atoms with Gasteiger partial charge in [0.05, 0.1) is 17.7 Å². The van der Waals surface area contributed by atoms with Gasteiger partial charge in [-0.25, -0.2) is 0 Å². The smallest absolute Gasteiger partial charge is 0.416 e. The zero-order valence-corrected chi connectivity index (χ0v) is 10.5. The topological polar surface area (TPSA) is 35.2 Å². The van der Waals surface area contributed by atoms with Gasteiger partial charge in [-0.05, 0) is 37.0 Å². The molecule has 1 saturated carbocycles. The summed E-state index contributed by atoms with van der Waals surface area (Å²) in [5, 5.41) is 0.171. The van der Waals surface area contributed by atoms with Gasteiger partial charge in [0.2, 0.25) is 0 Å². The molecule has 6 heteroatoms. The maximum Gasteiger partial charge on any atom is 0.416 e. The van der Waals surface area contributed by atoms with Crippen LogP contribution in [0.1, 0.15) is 24.0 Å². The zero-order valence-electron chi connectivity index (χ0n) is 9.77. The van der Waals surface area contributed by atoms with Crippen LogP contribution in [0.25, 0.3) is 0 Å². The fourth-order valence-electron chi connectivity index (χ4n) is 1.88. The first-order valence-corrected chi connectivity index (χ1v) is 5.85. The van der Waals surface area contributed by atoms with Crippen LogP contribution in [0.15, 0.2) is 12.1 Å². The molecule has 0 saturated heterocycles. The van der Waals surface area contributed by atoms with Gasteiger partial charge in [0.1, 0.15) is 5.75 Å². The molecule has 0 atom stereocenters. The summed E-state index contributed by atoms with van der Waals surface area (Å²) in [6, 6.07) is 2.24. The lowest BCUT2D eigenvalue weighted by Crippen LogP contribution is -2.26. The molecule has 0 bridgehead atoms. The Labute approximate surface area is 108 Å². The number of nitrogens with two attached hydrogens (primary N) is 1. The van der Waals surface area contributed by atoms with Crippen molar-refractivity contribution in [3.8, 4) is 5.75 Å². The van der Waals surface area contributed by atoms with Crippen molar-refractivity contribution in [2.75, 3.05) is 7.11 Å². The number of rotatable bonds is 3. The van der Waals surface area contributed by atoms with Gasteiger partial charge in [-0.15, -0.1) is 0 Å². The molecule has 0 amide bonds. The van der Waals surface area contributed by atoms with Crippen LogP contribution in [0.5, 0.6) is 5.75 Å². The Morgan fingerprint density at radius 1 is 1.39 bits per heavy atom. The van der Waals surface area contributed by atoms with Crippen LogP contribution in [0.3, 0.4) is 0 Å². The molecule has 1 fully saturated rings. The van der Waals surface area contributed by atoms with E-state index in [2.05, 4.69) is 0 Å². The monoisotopic (exact) mass is 279 g/mol. The molecule has 1 aliphatic rings. The molecule has 0 unspecified atom stereocenters. The van der Waals surface area contributed by atoms with Gasteiger partial charge in [0.25, 0.3) is 0 Å². The molecule has 18 heavy (non-hydrogen) atoms. The van der Waals surface area contributed by atoms with E-state index in [4.69, 9.17) is 22.1 Å². The minimum absolute atomic E-state index is 0.0228. The molecule has 0 aromatic heterocycles. The molecular weight excluding hydrogens is 267 g/mol. The number of hydrogen-bond acceptors (Lipinski definition) is 2. The quantitative estimate of drug-likeness (QED) is 0.920. The van der Waals surface area contributed by atoms with Crippen molar-refractivity contribution in [3.63, 3.8) is 0 Å². The van der Waals surface area contributed by atoms with Crippen molar-refractivity contribution in [1.82, 2.24) is 0 Å². The number of alkyl halides is 3. The maximum atomic E-state index is 13.0. The second kappa shape index (κ2) is 4.31. The first-order chi connectivity index (χ1) is 8.25. The Hall–Kier alpha value is -0.940. The van der Waals surface area contributed by atoms with E-state index in [0.29, 0.717) is 0 Å². The van der Waals surface area contributed by atoms with E-state index in [1.54, 1.807) is 0 Å². The Morgan fingerprint density at radius 2 is 2.00 bits per heavy atom. The third kappa shape index (κ3) is 2.72. The van der Waals surface area contributed by atoms with Crippen LogP contribution in [0, 0.1) is 0 Å². The summed E-state index contributed by atoms with van der Waals surface area (Å²) < 4.78 is 43.7. The summed E-state index contributed by atoms with van der Waals surface area (Å²) in [7, 11) is 1.28. The molecule has 1 aliphatic carbocycles. The molecule has 0 spiro atoms. The van der Waals surface area contributed by atoms with Crippen molar-refractivity contribution >= 4 is 11.6 Å². The molecular formula is C12H13ClF3NO. The second-order valence-corrected chi connectivity index (χ2v) is 5.09. The molecule has 2 rings (SSSR count). The fourth-order valence-corrected chi connectivity index (χ4v) is 2.14. The largest absolute Gasteiger partial charge is 0.495 e. The van der Waals surface area contributed by atoms with E-state index in [0.717, 1.165) is 18.9 Å². The Balaban J connectivity index is 2.45. The van der Waals surface area contributed by atoms with E-state index in [9.17, 15) is 13.2 Å². The summed E-state index contributed by atoms with van der Waals surface area (Å²) in [6.07, 6.45) is -2.76. The third-order valence-corrected chi connectivity index (χ3v) is 3.41. The number of methoxy groups -OCH3 is 1. The van der Waals surface area contributed by atoms with Crippen molar-refractivity contribution < 1.29 is 17.9 Å². The van der Waals surface area contributed by atoms with E-state index in [1.165, 1.54) is 13.2 Å². The van der Waals surface area contributed by atoms with Crippen LogP contribution >= 0.6 is 11.6 Å². The first-order valence-electron chi connectivity index (χ1n) is 5.48. The third-order valence-electron chi connectivity index (χ3n) is 3.12. The summed E-state index contributed by atoms with van der Waals surface area (Å²) in [5.41, 5.74) is 4.78. The summed E-state index contributed by atoms with van der Waals surface area (Å²) in [4.78, 5) is 0. The fraction of sp³-hybridized carbons (Fsp3) is 0.500. The minimum Gasteiger partial charge on any atom is -0.495 e. The van der Waals surface area contributed by atoms with Gasteiger partial charge in [0.15, 0.2) is 0 Å². The highest BCUT2D eigenvalue weighted by molar-refractivity contribution is 6.32. The van der Waals surface area contributed by atoms with Crippen molar-refractivity contribution in [3.05, 3.63) is 28.3 Å². The van der Waals surface area contributed by atoms with Gasteiger partial charge in [-0.2, -0.15) is 13.2 Å². The van der Waals surface area contributed by atoms with Gasteiger partial charge in [0, 0.05) is 5.54 Å². The number of benzene rings is 1. The number of hydrogen-bond donors (Lipinski definition) is 1. The Morgan fingerprint density at radius 3 is 2.44 bits per heavy atom. The highest BCUT2D eigenvalue weighted by Crippen LogP contribution is 2.42. The lowest BCUT2D eigenvalue weighted by molar-refractivity contribution is -0.138. The average molecular weight is 280 g/mol. The van der Waals surface area contributed by atoms with Gasteiger partial charge in [-0.3, -0.25) is 0 Å². The molecule has 100 valence electrons. The molecule has 0 heterocycles. The highest BCUT2D eigenvalue weighted by atomic mass is 35.5. The summed E-state index contributed by atoms with van der Waals surface area (Å²) in [5.74, 6) is 0.0228. The Bertz CT molecular complexity index is 469. The highest BCUT2D eigenvalue weighted by Gasteiger charge is 2.42. The molecule has 2 N–H and O–H groups in total. The van der Waals surface area contributed by atoms with Gasteiger partial charge in [-0.1, -0.05) is 11.6 Å². The maximum absolute atomic E-state index is 13.0. The predicted molar refractivity (Wildman–Crippen MR) is 62.9 cm³/mol. The van der Waals surface area contributed by atoms with Crippen LogP contribution in [0.4, 0.5) is 13.2 Å². The van der Waals surface area contributed by atoms with Crippen molar-refractivity contribution in [2.45, 2.75) is 31.0 Å². The van der Waals surface area contributed by atoms with Crippen molar-refractivity contribution in [1.29, 1.82) is 0 Å². The van der Waals surface area contributed by atoms with E-state index in [-0.39, 0.29) is 22.8 Å². The molecule has 2 nitrogen and oxygen atoms in total. The van der Waals surface area contributed by atoms with E-state index in [1.807, 2.05) is 0 Å². The van der Waals surface area contributed by atoms with Crippen LogP contribution in [0.2, 0.25) is 5.02 Å². The van der Waals surface area contributed by atoms with Gasteiger partial charge < -0.3 is 10.5 Å². The Kier molecular flexibility index (Phi) is 3.23. The molecule has 0 radical (unpaired) electrons. The first kappa shape index (κ1) is 13.5. The van der Waals surface area contributed by atoms with E-state index >= 15 is 0 Å². The van der Waals surface area contributed by atoms with Gasteiger partial charge >= 0.3 is 6.18 Å². The summed E-state index contributed by atoms with van der Waals surface area (Å²) in [6.45, 7) is 0. The second-order valence-electron chi connectivity index (χ2n) is 4.68. The number of ether oxygens (including phenoxy) is 1. The average Bonchev–Trinajstić information content (AvgIpc) is 2.94. The predicted octanol–water partition coefficient (Wildman–Crippen LogP) is 3.40. The lowest BCUT2D eigenvalue weighted by Gasteiger charge is -2.17. The molecule has 1 aromatic carbocycles. The summed E-state index contributed by atoms with van der Waals surface area (Å²) >= 11 is 5.87. The minimum atomic E-state index is -4.43. The lowest BCUT2D eigenvalue weighted by atomic mass is 9.98. The van der Waals surface area contributed by atoms with Crippen LogP contribution in [-0.2, 0) is 12.6 Å².